The number of amides is 1. The smallest absolute Gasteiger partial charge is 0.275 e. The second-order valence-corrected chi connectivity index (χ2v) is 7.95. The molecule has 3 aromatic rings. The van der Waals surface area contributed by atoms with E-state index in [2.05, 4.69) is 10.3 Å². The maximum Gasteiger partial charge on any atom is 0.275 e. The molecule has 2 N–H and O–H groups in total. The lowest BCUT2D eigenvalue weighted by molar-refractivity contribution is 0.0736. The van der Waals surface area contributed by atoms with E-state index in [0.29, 0.717) is 35.7 Å². The average Bonchev–Trinajstić information content (AvgIpc) is 3.15. The molecule has 0 atom stereocenters. The lowest BCUT2D eigenvalue weighted by Gasteiger charge is -2.27. The number of nitrogens with one attached hydrogen (secondary N) is 2. The first-order valence-electron chi connectivity index (χ1n) is 10.1. The van der Waals surface area contributed by atoms with Gasteiger partial charge in [-0.25, -0.2) is 0 Å². The van der Waals surface area contributed by atoms with E-state index in [0.717, 1.165) is 35.3 Å². The molecule has 0 spiro atoms. The summed E-state index contributed by atoms with van der Waals surface area (Å²) in [5, 5.41) is 4.52. The first-order valence-corrected chi connectivity index (χ1v) is 10.5. The van der Waals surface area contributed by atoms with Crippen LogP contribution in [0.4, 0.5) is 0 Å². The van der Waals surface area contributed by atoms with Crippen molar-refractivity contribution in [1.82, 2.24) is 19.8 Å². The zero-order chi connectivity index (χ0) is 21.3. The van der Waals surface area contributed by atoms with Crippen molar-refractivity contribution in [3.05, 3.63) is 69.2 Å². The molecule has 1 aliphatic rings. The fourth-order valence-electron chi connectivity index (χ4n) is 3.88. The Morgan fingerprint density at radius 3 is 2.70 bits per heavy atom. The van der Waals surface area contributed by atoms with Crippen molar-refractivity contribution in [2.24, 2.45) is 0 Å². The van der Waals surface area contributed by atoms with Crippen molar-refractivity contribution < 1.29 is 4.79 Å². The fourth-order valence-corrected chi connectivity index (χ4v) is 4.14. The van der Waals surface area contributed by atoms with E-state index in [-0.39, 0.29) is 11.5 Å². The molecule has 0 aliphatic carbocycles. The normalized spacial score (nSPS) is 14.7. The van der Waals surface area contributed by atoms with Gasteiger partial charge in [-0.1, -0.05) is 29.8 Å². The van der Waals surface area contributed by atoms with Gasteiger partial charge in [0.25, 0.3) is 11.5 Å². The number of carbonyl (C=O) groups excluding carboxylic acids is 1. The van der Waals surface area contributed by atoms with Crippen LogP contribution in [0.5, 0.6) is 0 Å². The van der Waals surface area contributed by atoms with Gasteiger partial charge in [0.05, 0.1) is 10.6 Å². The molecule has 0 saturated carbocycles. The minimum absolute atomic E-state index is 0.0475. The van der Waals surface area contributed by atoms with Crippen LogP contribution in [-0.4, -0.2) is 46.5 Å². The Balaban J connectivity index is 1.78. The summed E-state index contributed by atoms with van der Waals surface area (Å²) < 4.78 is 1.68. The molecule has 6 nitrogen and oxygen atoms in total. The molecule has 3 heterocycles. The third kappa shape index (κ3) is 3.80. The van der Waals surface area contributed by atoms with Crippen LogP contribution in [0.15, 0.2) is 47.4 Å². The molecule has 0 bridgehead atoms. The van der Waals surface area contributed by atoms with Crippen molar-refractivity contribution >= 4 is 28.4 Å². The summed E-state index contributed by atoms with van der Waals surface area (Å²) in [6.07, 6.45) is 5.72. The van der Waals surface area contributed by atoms with Crippen LogP contribution < -0.4 is 10.9 Å². The summed E-state index contributed by atoms with van der Waals surface area (Å²) in [5.74, 6) is -0.0475. The first kappa shape index (κ1) is 20.4. The second-order valence-electron chi connectivity index (χ2n) is 7.55. The number of piperazine rings is 1. The number of H-pyrrole nitrogens is 1. The van der Waals surface area contributed by atoms with Crippen molar-refractivity contribution in [2.45, 2.75) is 20.4 Å². The van der Waals surface area contributed by atoms with Crippen LogP contribution in [0.2, 0.25) is 5.02 Å². The molecule has 1 saturated heterocycles. The van der Waals surface area contributed by atoms with Crippen molar-refractivity contribution in [3.8, 4) is 11.1 Å². The molecule has 156 valence electrons. The van der Waals surface area contributed by atoms with Crippen LogP contribution in [0.25, 0.3) is 22.0 Å². The number of aryl methyl sites for hydroxylation is 1. The van der Waals surface area contributed by atoms with Gasteiger partial charge < -0.3 is 19.8 Å². The van der Waals surface area contributed by atoms with Gasteiger partial charge in [0.1, 0.15) is 5.52 Å². The van der Waals surface area contributed by atoms with Gasteiger partial charge >= 0.3 is 0 Å². The number of allylic oxidation sites excluding steroid dienone is 2. The predicted octanol–water partition coefficient (Wildman–Crippen LogP) is 3.58. The van der Waals surface area contributed by atoms with E-state index in [9.17, 15) is 9.59 Å². The van der Waals surface area contributed by atoms with Gasteiger partial charge in [0.2, 0.25) is 0 Å². The molecule has 0 radical (unpaired) electrons. The first-order chi connectivity index (χ1) is 14.5. The molecule has 4 rings (SSSR count). The third-order valence-corrected chi connectivity index (χ3v) is 5.77. The molecule has 1 fully saturated rings. The van der Waals surface area contributed by atoms with E-state index in [1.54, 1.807) is 10.6 Å². The van der Waals surface area contributed by atoms with Crippen molar-refractivity contribution in [3.63, 3.8) is 0 Å². The van der Waals surface area contributed by atoms with Crippen LogP contribution in [0, 0.1) is 6.92 Å². The highest BCUT2D eigenvalue weighted by atomic mass is 35.5. The monoisotopic (exact) mass is 424 g/mol. The average molecular weight is 425 g/mol. The van der Waals surface area contributed by atoms with Gasteiger partial charge in [-0.2, -0.15) is 0 Å². The molecule has 30 heavy (non-hydrogen) atoms. The quantitative estimate of drug-likeness (QED) is 0.629. The number of hydrogen-bond acceptors (Lipinski definition) is 3. The number of fused-ring (bicyclic) bond motifs is 1. The Morgan fingerprint density at radius 2 is 2.00 bits per heavy atom. The van der Waals surface area contributed by atoms with E-state index < -0.39 is 0 Å². The Kier molecular flexibility index (Phi) is 5.79. The number of hydrogen-bond donors (Lipinski definition) is 2. The summed E-state index contributed by atoms with van der Waals surface area (Å²) in [6.45, 7) is 7.29. The van der Waals surface area contributed by atoms with Gasteiger partial charge in [-0.3, -0.25) is 9.59 Å². The Labute approximate surface area is 180 Å². The topological polar surface area (TPSA) is 70.1 Å². The number of aromatic nitrogens is 2. The highest BCUT2D eigenvalue weighted by Crippen LogP contribution is 2.31. The minimum atomic E-state index is -0.0587. The molecule has 1 amide bonds. The van der Waals surface area contributed by atoms with E-state index in [4.69, 9.17) is 11.6 Å². The summed E-state index contributed by atoms with van der Waals surface area (Å²) in [5.41, 5.74) is 3.72. The Morgan fingerprint density at radius 1 is 1.23 bits per heavy atom. The number of carbonyl (C=O) groups is 1. The maximum absolute atomic E-state index is 12.9. The zero-order valence-corrected chi connectivity index (χ0v) is 17.9. The molecule has 2 aromatic heterocycles. The lowest BCUT2D eigenvalue weighted by atomic mass is 10.0. The van der Waals surface area contributed by atoms with E-state index in [1.807, 2.05) is 55.3 Å². The highest BCUT2D eigenvalue weighted by Gasteiger charge is 2.21. The number of halogens is 1. The van der Waals surface area contributed by atoms with Gasteiger partial charge in [-0.15, -0.1) is 0 Å². The summed E-state index contributed by atoms with van der Waals surface area (Å²) >= 11 is 6.55. The minimum Gasteiger partial charge on any atom is -0.354 e. The van der Waals surface area contributed by atoms with Crippen LogP contribution in [0.3, 0.4) is 0 Å². The summed E-state index contributed by atoms with van der Waals surface area (Å²) in [6, 6.07) is 7.48. The third-order valence-electron chi connectivity index (χ3n) is 5.45. The van der Waals surface area contributed by atoms with Gasteiger partial charge in [0.15, 0.2) is 0 Å². The zero-order valence-electron chi connectivity index (χ0n) is 17.2. The predicted molar refractivity (Wildman–Crippen MR) is 121 cm³/mol. The number of benzene rings is 1. The molecule has 0 unspecified atom stereocenters. The number of rotatable bonds is 4. The molecule has 7 heteroatoms. The van der Waals surface area contributed by atoms with Gasteiger partial charge in [-0.05, 0) is 37.6 Å². The van der Waals surface area contributed by atoms with Crippen molar-refractivity contribution in [2.75, 3.05) is 26.2 Å². The number of pyridine rings is 1. The molecular weight excluding hydrogens is 400 g/mol. The maximum atomic E-state index is 12.9. The Hall–Kier alpha value is -2.83. The van der Waals surface area contributed by atoms with E-state index in [1.165, 1.54) is 0 Å². The van der Waals surface area contributed by atoms with Crippen LogP contribution in [-0.2, 0) is 6.54 Å². The highest BCUT2D eigenvalue weighted by molar-refractivity contribution is 6.34. The largest absolute Gasteiger partial charge is 0.354 e. The van der Waals surface area contributed by atoms with Crippen LogP contribution >= 0.6 is 11.6 Å². The fraction of sp³-hybridized carbons (Fsp3) is 0.304. The lowest BCUT2D eigenvalue weighted by Crippen LogP contribution is -2.46. The standard InChI is InChI=1S/C23H25ClN4O2/c1-3-4-9-28-14-19(18-12-15(2)26-21(18)23(28)30)16-5-6-17(20(24)13-16)22(29)27-10-7-25-8-11-27/h3-6,12-14,25-26H,7-11H2,1-2H3/b4-3+. The molecular formula is C23H25ClN4O2. The van der Waals surface area contributed by atoms with E-state index >= 15 is 0 Å². The molecule has 1 aliphatic heterocycles. The summed E-state index contributed by atoms with van der Waals surface area (Å²) in [7, 11) is 0. The summed E-state index contributed by atoms with van der Waals surface area (Å²) in [4.78, 5) is 30.7. The second kappa shape index (κ2) is 8.50. The SMILES string of the molecule is C/C=C/Cn1cc(-c2ccc(C(=O)N3CCNCC3)c(Cl)c2)c2cc(C)[nH]c2c1=O. The van der Waals surface area contributed by atoms with Crippen LogP contribution in [0.1, 0.15) is 23.0 Å². The van der Waals surface area contributed by atoms with Gasteiger partial charge in [0, 0.05) is 55.6 Å². The molecule has 1 aromatic carbocycles. The van der Waals surface area contributed by atoms with Crippen molar-refractivity contribution in [1.29, 1.82) is 0 Å². The number of aromatic amines is 1. The number of nitrogens with zero attached hydrogens (tertiary/aromatic N) is 2. The Bertz CT molecular complexity index is 1190.